The quantitative estimate of drug-likeness (QED) is 0.850. The van der Waals surface area contributed by atoms with Crippen LogP contribution in [0.25, 0.3) is 0 Å². The maximum Gasteiger partial charge on any atom is 0.123 e. The summed E-state index contributed by atoms with van der Waals surface area (Å²) in [5.41, 5.74) is 1.08. The second kappa shape index (κ2) is 7.61. The number of hydrogen-bond acceptors (Lipinski definition) is 2. The fraction of sp³-hybridized carbons (Fsp3) is 0.625. The summed E-state index contributed by atoms with van der Waals surface area (Å²) in [7, 11) is 0. The SMILES string of the molecule is CCCN1CCC(NCCc2cccc(F)c2)CC1. The van der Waals surface area contributed by atoms with Gasteiger partial charge in [-0.25, -0.2) is 4.39 Å². The standard InChI is InChI=1S/C16H25FN2/c1-2-10-19-11-7-16(8-12-19)18-9-6-14-4-3-5-15(17)13-14/h3-5,13,16,18H,2,6-12H2,1H3. The average molecular weight is 264 g/mol. The highest BCUT2D eigenvalue weighted by Gasteiger charge is 2.17. The molecule has 0 spiro atoms. The maximum atomic E-state index is 13.0. The molecule has 1 saturated heterocycles. The van der Waals surface area contributed by atoms with Crippen molar-refractivity contribution >= 4 is 0 Å². The highest BCUT2D eigenvalue weighted by atomic mass is 19.1. The van der Waals surface area contributed by atoms with Gasteiger partial charge in [-0.2, -0.15) is 0 Å². The molecule has 0 amide bonds. The van der Waals surface area contributed by atoms with Crippen LogP contribution in [0.3, 0.4) is 0 Å². The summed E-state index contributed by atoms with van der Waals surface area (Å²) >= 11 is 0. The van der Waals surface area contributed by atoms with Gasteiger partial charge in [0.1, 0.15) is 5.82 Å². The number of nitrogens with zero attached hydrogens (tertiary/aromatic N) is 1. The zero-order valence-corrected chi connectivity index (χ0v) is 11.9. The molecule has 19 heavy (non-hydrogen) atoms. The molecule has 2 rings (SSSR count). The van der Waals surface area contributed by atoms with Crippen molar-refractivity contribution in [3.8, 4) is 0 Å². The van der Waals surface area contributed by atoms with Crippen LogP contribution in [0.15, 0.2) is 24.3 Å². The number of benzene rings is 1. The van der Waals surface area contributed by atoms with Crippen LogP contribution in [0.4, 0.5) is 4.39 Å². The molecule has 0 aliphatic carbocycles. The molecule has 1 aromatic rings. The topological polar surface area (TPSA) is 15.3 Å². The number of likely N-dealkylation sites (tertiary alicyclic amines) is 1. The molecule has 1 fully saturated rings. The van der Waals surface area contributed by atoms with E-state index in [9.17, 15) is 4.39 Å². The molecule has 1 aromatic carbocycles. The Labute approximate surface area is 116 Å². The van der Waals surface area contributed by atoms with Gasteiger partial charge in [0.25, 0.3) is 0 Å². The lowest BCUT2D eigenvalue weighted by atomic mass is 10.0. The van der Waals surface area contributed by atoms with Crippen LogP contribution in [0.5, 0.6) is 0 Å². The van der Waals surface area contributed by atoms with Crippen LogP contribution in [-0.4, -0.2) is 37.1 Å². The highest BCUT2D eigenvalue weighted by molar-refractivity contribution is 5.16. The lowest BCUT2D eigenvalue weighted by molar-refractivity contribution is 0.198. The second-order valence-corrected chi connectivity index (χ2v) is 5.45. The molecule has 106 valence electrons. The Hall–Kier alpha value is -0.930. The summed E-state index contributed by atoms with van der Waals surface area (Å²) in [6.45, 7) is 6.85. The van der Waals surface area contributed by atoms with E-state index in [0.29, 0.717) is 6.04 Å². The monoisotopic (exact) mass is 264 g/mol. The minimum atomic E-state index is -0.134. The van der Waals surface area contributed by atoms with Gasteiger partial charge < -0.3 is 10.2 Å². The third kappa shape index (κ3) is 4.92. The Morgan fingerprint density at radius 2 is 2.11 bits per heavy atom. The lowest BCUT2D eigenvalue weighted by Crippen LogP contribution is -2.43. The second-order valence-electron chi connectivity index (χ2n) is 5.45. The third-order valence-electron chi connectivity index (χ3n) is 3.86. The first-order valence-electron chi connectivity index (χ1n) is 7.48. The van der Waals surface area contributed by atoms with Gasteiger partial charge in [0.15, 0.2) is 0 Å². The van der Waals surface area contributed by atoms with Gasteiger partial charge in [-0.1, -0.05) is 19.1 Å². The molecule has 0 bridgehead atoms. The van der Waals surface area contributed by atoms with E-state index in [2.05, 4.69) is 17.1 Å². The van der Waals surface area contributed by atoms with Gasteiger partial charge in [-0.05, 0) is 69.6 Å². The van der Waals surface area contributed by atoms with Crippen molar-refractivity contribution in [2.45, 2.75) is 38.6 Å². The van der Waals surface area contributed by atoms with E-state index in [0.717, 1.165) is 18.5 Å². The molecule has 0 saturated carbocycles. The molecular formula is C16H25FN2. The summed E-state index contributed by atoms with van der Waals surface area (Å²) in [6, 6.07) is 7.55. The van der Waals surface area contributed by atoms with Crippen LogP contribution in [0, 0.1) is 5.82 Å². The van der Waals surface area contributed by atoms with Gasteiger partial charge in [-0.3, -0.25) is 0 Å². The first-order chi connectivity index (χ1) is 9.28. The Bertz CT molecular complexity index is 373. The van der Waals surface area contributed by atoms with Crippen molar-refractivity contribution < 1.29 is 4.39 Å². The van der Waals surface area contributed by atoms with Gasteiger partial charge in [-0.15, -0.1) is 0 Å². The van der Waals surface area contributed by atoms with Crippen LogP contribution < -0.4 is 5.32 Å². The smallest absolute Gasteiger partial charge is 0.123 e. The molecule has 1 aliphatic heterocycles. The summed E-state index contributed by atoms with van der Waals surface area (Å²) in [6.07, 6.45) is 4.64. The maximum absolute atomic E-state index is 13.0. The Morgan fingerprint density at radius 1 is 1.32 bits per heavy atom. The van der Waals surface area contributed by atoms with Crippen molar-refractivity contribution in [2.75, 3.05) is 26.2 Å². The number of hydrogen-bond donors (Lipinski definition) is 1. The first-order valence-corrected chi connectivity index (χ1v) is 7.48. The fourth-order valence-corrected chi connectivity index (χ4v) is 2.79. The average Bonchev–Trinajstić information content (AvgIpc) is 2.41. The Morgan fingerprint density at radius 3 is 2.79 bits per heavy atom. The highest BCUT2D eigenvalue weighted by Crippen LogP contribution is 2.11. The zero-order chi connectivity index (χ0) is 13.5. The van der Waals surface area contributed by atoms with Gasteiger partial charge in [0, 0.05) is 6.04 Å². The van der Waals surface area contributed by atoms with Crippen LogP contribution in [0.1, 0.15) is 31.7 Å². The van der Waals surface area contributed by atoms with E-state index in [4.69, 9.17) is 0 Å². The summed E-state index contributed by atoms with van der Waals surface area (Å²) in [5, 5.41) is 3.60. The summed E-state index contributed by atoms with van der Waals surface area (Å²) < 4.78 is 13.0. The van der Waals surface area contributed by atoms with E-state index in [1.54, 1.807) is 12.1 Å². The molecular weight excluding hydrogens is 239 g/mol. The molecule has 1 aliphatic rings. The minimum absolute atomic E-state index is 0.134. The van der Waals surface area contributed by atoms with Crippen LogP contribution in [0.2, 0.25) is 0 Å². The zero-order valence-electron chi connectivity index (χ0n) is 11.9. The molecule has 3 heteroatoms. The van der Waals surface area contributed by atoms with Crippen LogP contribution >= 0.6 is 0 Å². The lowest BCUT2D eigenvalue weighted by Gasteiger charge is -2.32. The largest absolute Gasteiger partial charge is 0.314 e. The van der Waals surface area contributed by atoms with Gasteiger partial charge in [0.05, 0.1) is 0 Å². The van der Waals surface area contributed by atoms with Crippen molar-refractivity contribution in [2.24, 2.45) is 0 Å². The first kappa shape index (κ1) is 14.5. The number of nitrogens with one attached hydrogen (secondary N) is 1. The summed E-state index contributed by atoms with van der Waals surface area (Å²) in [5.74, 6) is -0.134. The summed E-state index contributed by atoms with van der Waals surface area (Å²) in [4.78, 5) is 2.55. The predicted octanol–water partition coefficient (Wildman–Crippen LogP) is 2.83. The number of rotatable bonds is 6. The van der Waals surface area contributed by atoms with E-state index in [-0.39, 0.29) is 5.82 Å². The molecule has 0 aromatic heterocycles. The van der Waals surface area contributed by atoms with Crippen molar-refractivity contribution in [1.82, 2.24) is 10.2 Å². The number of piperidine rings is 1. The predicted molar refractivity (Wildman–Crippen MR) is 77.9 cm³/mol. The normalized spacial score (nSPS) is 17.8. The molecule has 1 N–H and O–H groups in total. The molecule has 1 heterocycles. The minimum Gasteiger partial charge on any atom is -0.314 e. The number of halogens is 1. The van der Waals surface area contributed by atoms with E-state index < -0.39 is 0 Å². The Balaban J connectivity index is 1.64. The van der Waals surface area contributed by atoms with Gasteiger partial charge >= 0.3 is 0 Å². The van der Waals surface area contributed by atoms with E-state index in [1.165, 1.54) is 45.0 Å². The molecule has 0 atom stereocenters. The molecule has 2 nitrogen and oxygen atoms in total. The van der Waals surface area contributed by atoms with E-state index in [1.807, 2.05) is 6.07 Å². The van der Waals surface area contributed by atoms with Gasteiger partial charge in [0.2, 0.25) is 0 Å². The van der Waals surface area contributed by atoms with E-state index >= 15 is 0 Å². The van der Waals surface area contributed by atoms with Crippen molar-refractivity contribution in [3.63, 3.8) is 0 Å². The van der Waals surface area contributed by atoms with Crippen LogP contribution in [-0.2, 0) is 6.42 Å². The van der Waals surface area contributed by atoms with Crippen molar-refractivity contribution in [1.29, 1.82) is 0 Å². The fourth-order valence-electron chi connectivity index (χ4n) is 2.79. The third-order valence-corrected chi connectivity index (χ3v) is 3.86. The molecule has 0 radical (unpaired) electrons. The Kier molecular flexibility index (Phi) is 5.80. The molecule has 0 unspecified atom stereocenters. The van der Waals surface area contributed by atoms with Crippen molar-refractivity contribution in [3.05, 3.63) is 35.6 Å².